The van der Waals surface area contributed by atoms with E-state index >= 15 is 0 Å². The Morgan fingerprint density at radius 3 is 2.70 bits per heavy atom. The Bertz CT molecular complexity index is 116. The minimum absolute atomic E-state index is 0.240. The second kappa shape index (κ2) is 6.33. The summed E-state index contributed by atoms with van der Waals surface area (Å²) in [5.41, 5.74) is 0. The molecule has 0 amide bonds. The van der Waals surface area contributed by atoms with Crippen molar-refractivity contribution in [2.24, 2.45) is 0 Å². The molecule has 0 radical (unpaired) electrons. The van der Waals surface area contributed by atoms with Gasteiger partial charge in [-0.05, 0) is 13.3 Å². The van der Waals surface area contributed by atoms with Crippen LogP contribution in [0.25, 0.3) is 0 Å². The summed E-state index contributed by atoms with van der Waals surface area (Å²) in [4.78, 5) is 10.6. The van der Waals surface area contributed by atoms with Crippen LogP contribution in [0.3, 0.4) is 0 Å². The van der Waals surface area contributed by atoms with Gasteiger partial charge in [0.05, 0.1) is 6.61 Å². The Hall–Kier alpha value is -0.790. The number of allylic oxidation sites excluding steroid dienone is 1. The van der Waals surface area contributed by atoms with E-state index in [9.17, 15) is 4.79 Å². The zero-order valence-electron chi connectivity index (χ0n) is 6.59. The lowest BCUT2D eigenvalue weighted by Crippen LogP contribution is -1.98. The van der Waals surface area contributed by atoms with E-state index in [-0.39, 0.29) is 5.97 Å². The van der Waals surface area contributed by atoms with E-state index < -0.39 is 0 Å². The maximum atomic E-state index is 10.6. The largest absolute Gasteiger partial charge is 0.463 e. The number of hydrogen-bond donors (Lipinski definition) is 0. The summed E-state index contributed by atoms with van der Waals surface area (Å²) < 4.78 is 4.66. The number of rotatable bonds is 4. The summed E-state index contributed by atoms with van der Waals surface area (Å²) in [7, 11) is 0. The van der Waals surface area contributed by atoms with Gasteiger partial charge in [-0.3, -0.25) is 0 Å². The Kier molecular flexibility index (Phi) is 5.83. The van der Waals surface area contributed by atoms with E-state index in [1.54, 1.807) is 6.92 Å². The fourth-order valence-electron chi connectivity index (χ4n) is 0.537. The topological polar surface area (TPSA) is 26.3 Å². The number of carbonyl (C=O) groups excluding carboxylic acids is 1. The predicted octanol–water partition coefficient (Wildman–Crippen LogP) is 1.91. The quantitative estimate of drug-likeness (QED) is 0.442. The second-order valence-corrected chi connectivity index (χ2v) is 1.94. The van der Waals surface area contributed by atoms with Crippen LogP contribution in [0.4, 0.5) is 0 Å². The van der Waals surface area contributed by atoms with Crippen LogP contribution in [0.5, 0.6) is 0 Å². The van der Waals surface area contributed by atoms with Gasteiger partial charge in [-0.1, -0.05) is 19.4 Å². The first-order valence-electron chi connectivity index (χ1n) is 3.64. The molecule has 0 N–H and O–H groups in total. The highest BCUT2D eigenvalue weighted by molar-refractivity contribution is 5.81. The molecule has 0 spiro atoms. The van der Waals surface area contributed by atoms with Gasteiger partial charge in [-0.2, -0.15) is 0 Å². The molecular weight excluding hydrogens is 128 g/mol. The van der Waals surface area contributed by atoms with Crippen LogP contribution in [0.1, 0.15) is 26.7 Å². The van der Waals surface area contributed by atoms with Crippen molar-refractivity contribution < 1.29 is 9.53 Å². The van der Waals surface area contributed by atoms with Crippen LogP contribution >= 0.6 is 0 Å². The van der Waals surface area contributed by atoms with E-state index in [2.05, 4.69) is 11.7 Å². The molecule has 2 nitrogen and oxygen atoms in total. The molecule has 0 unspecified atom stereocenters. The Morgan fingerprint density at radius 2 is 2.20 bits per heavy atom. The van der Waals surface area contributed by atoms with Gasteiger partial charge in [0, 0.05) is 6.08 Å². The molecule has 0 heterocycles. The highest BCUT2D eigenvalue weighted by atomic mass is 16.5. The fraction of sp³-hybridized carbons (Fsp3) is 0.625. The standard InChI is InChI=1S/C8H14O2/c1-3-5-6-7-8(9)10-4-2/h6-7H,3-5H2,1-2H3. The average molecular weight is 142 g/mol. The number of ether oxygens (including phenoxy) is 1. The van der Waals surface area contributed by atoms with Crippen LogP contribution in [0.2, 0.25) is 0 Å². The average Bonchev–Trinajstić information content (AvgIpc) is 1.89. The molecule has 0 aliphatic heterocycles. The van der Waals surface area contributed by atoms with Gasteiger partial charge in [-0.25, -0.2) is 4.79 Å². The molecule has 0 bridgehead atoms. The molecule has 0 saturated heterocycles. The first kappa shape index (κ1) is 9.21. The molecule has 0 aliphatic rings. The van der Waals surface area contributed by atoms with E-state index in [1.165, 1.54) is 6.08 Å². The van der Waals surface area contributed by atoms with Crippen LogP contribution in [0.15, 0.2) is 12.2 Å². The Labute approximate surface area is 61.9 Å². The van der Waals surface area contributed by atoms with Gasteiger partial charge in [0.1, 0.15) is 0 Å². The third kappa shape index (κ3) is 5.35. The summed E-state index contributed by atoms with van der Waals surface area (Å²) in [5, 5.41) is 0. The van der Waals surface area contributed by atoms with Crippen LogP contribution in [-0.2, 0) is 9.53 Å². The summed E-state index contributed by atoms with van der Waals surface area (Å²) in [6, 6.07) is 0. The van der Waals surface area contributed by atoms with E-state index in [0.29, 0.717) is 6.61 Å². The van der Waals surface area contributed by atoms with E-state index in [0.717, 1.165) is 12.8 Å². The van der Waals surface area contributed by atoms with Crippen molar-refractivity contribution in [1.82, 2.24) is 0 Å². The van der Waals surface area contributed by atoms with Gasteiger partial charge >= 0.3 is 5.97 Å². The van der Waals surface area contributed by atoms with Crippen molar-refractivity contribution in [1.29, 1.82) is 0 Å². The van der Waals surface area contributed by atoms with Crippen LogP contribution in [0, 0.1) is 0 Å². The minimum Gasteiger partial charge on any atom is -0.463 e. The molecule has 0 fully saturated rings. The molecule has 2 heteroatoms. The van der Waals surface area contributed by atoms with Gasteiger partial charge < -0.3 is 4.74 Å². The maximum Gasteiger partial charge on any atom is 0.330 e. The predicted molar refractivity (Wildman–Crippen MR) is 40.7 cm³/mol. The van der Waals surface area contributed by atoms with E-state index in [1.807, 2.05) is 6.08 Å². The number of hydrogen-bond acceptors (Lipinski definition) is 2. The third-order valence-electron chi connectivity index (χ3n) is 0.996. The summed E-state index contributed by atoms with van der Waals surface area (Å²) in [6.07, 6.45) is 5.32. The first-order chi connectivity index (χ1) is 4.81. The molecular formula is C8H14O2. The third-order valence-corrected chi connectivity index (χ3v) is 0.996. The smallest absolute Gasteiger partial charge is 0.330 e. The first-order valence-corrected chi connectivity index (χ1v) is 3.64. The monoisotopic (exact) mass is 142 g/mol. The summed E-state index contributed by atoms with van der Waals surface area (Å²) in [5.74, 6) is -0.240. The van der Waals surface area contributed by atoms with Crippen molar-refractivity contribution in [2.45, 2.75) is 26.7 Å². The number of esters is 1. The number of carbonyl (C=O) groups is 1. The van der Waals surface area contributed by atoms with Crippen molar-refractivity contribution in [3.63, 3.8) is 0 Å². The van der Waals surface area contributed by atoms with Gasteiger partial charge in [-0.15, -0.1) is 0 Å². The summed E-state index contributed by atoms with van der Waals surface area (Å²) in [6.45, 7) is 4.32. The maximum absolute atomic E-state index is 10.6. The lowest BCUT2D eigenvalue weighted by Gasteiger charge is -1.93. The fourth-order valence-corrected chi connectivity index (χ4v) is 0.537. The molecule has 58 valence electrons. The SMILES string of the molecule is CCCC=CC(=O)OCC. The Balaban J connectivity index is 3.36. The molecule has 0 aromatic heterocycles. The molecule has 0 rings (SSSR count). The van der Waals surface area contributed by atoms with Crippen molar-refractivity contribution in [2.75, 3.05) is 6.61 Å². The highest BCUT2D eigenvalue weighted by Crippen LogP contribution is 1.89. The van der Waals surface area contributed by atoms with Crippen LogP contribution in [-0.4, -0.2) is 12.6 Å². The zero-order valence-corrected chi connectivity index (χ0v) is 6.59. The molecule has 10 heavy (non-hydrogen) atoms. The van der Waals surface area contributed by atoms with Crippen molar-refractivity contribution >= 4 is 5.97 Å². The molecule has 0 saturated carbocycles. The normalized spacial score (nSPS) is 10.2. The second-order valence-electron chi connectivity index (χ2n) is 1.94. The van der Waals surface area contributed by atoms with Gasteiger partial charge in [0.2, 0.25) is 0 Å². The molecule has 0 aliphatic carbocycles. The number of unbranched alkanes of at least 4 members (excludes halogenated alkanes) is 1. The minimum atomic E-state index is -0.240. The van der Waals surface area contributed by atoms with Gasteiger partial charge in [0.25, 0.3) is 0 Å². The lowest BCUT2D eigenvalue weighted by atomic mass is 10.3. The lowest BCUT2D eigenvalue weighted by molar-refractivity contribution is -0.137. The molecule has 0 atom stereocenters. The van der Waals surface area contributed by atoms with Crippen molar-refractivity contribution in [3.8, 4) is 0 Å². The van der Waals surface area contributed by atoms with Crippen LogP contribution < -0.4 is 0 Å². The Morgan fingerprint density at radius 1 is 1.50 bits per heavy atom. The highest BCUT2D eigenvalue weighted by Gasteiger charge is 1.90. The van der Waals surface area contributed by atoms with E-state index in [4.69, 9.17) is 0 Å². The van der Waals surface area contributed by atoms with Crippen molar-refractivity contribution in [3.05, 3.63) is 12.2 Å². The zero-order chi connectivity index (χ0) is 7.82. The molecule has 0 aromatic carbocycles. The van der Waals surface area contributed by atoms with Gasteiger partial charge in [0.15, 0.2) is 0 Å². The summed E-state index contributed by atoms with van der Waals surface area (Å²) >= 11 is 0. The molecule has 0 aromatic rings.